The van der Waals surface area contributed by atoms with Crippen molar-refractivity contribution in [3.05, 3.63) is 71.2 Å². The van der Waals surface area contributed by atoms with E-state index in [0.717, 1.165) is 52.2 Å². The average molecular weight is 445 g/mol. The van der Waals surface area contributed by atoms with Crippen LogP contribution in [-0.2, 0) is 17.6 Å². The number of H-pyrrole nitrogens is 1. The second-order valence-electron chi connectivity index (χ2n) is 7.75. The number of hydrogen-bond donors (Lipinski definition) is 1. The molecule has 170 valence electrons. The van der Waals surface area contributed by atoms with E-state index in [2.05, 4.69) is 62.9 Å². The highest BCUT2D eigenvalue weighted by molar-refractivity contribution is 5.80. The number of tetrazole rings is 1. The maximum Gasteiger partial charge on any atom is 0.220 e. The van der Waals surface area contributed by atoms with Crippen LogP contribution in [0.25, 0.3) is 22.5 Å². The van der Waals surface area contributed by atoms with Gasteiger partial charge in [-0.2, -0.15) is 10.2 Å². The molecule has 0 saturated carbocycles. The minimum absolute atomic E-state index is 0.456. The summed E-state index contributed by atoms with van der Waals surface area (Å²) in [7, 11) is 1.66. The monoisotopic (exact) mass is 444 g/mol. The zero-order chi connectivity index (χ0) is 23.0. The van der Waals surface area contributed by atoms with Crippen molar-refractivity contribution in [2.45, 2.75) is 33.1 Å². The van der Waals surface area contributed by atoms with Crippen LogP contribution >= 0.6 is 0 Å². The lowest BCUT2D eigenvalue weighted by atomic mass is 9.96. The van der Waals surface area contributed by atoms with Crippen LogP contribution in [0.15, 0.2) is 48.5 Å². The lowest BCUT2D eigenvalue weighted by molar-refractivity contribution is 0.143. The van der Waals surface area contributed by atoms with E-state index >= 15 is 0 Å². The van der Waals surface area contributed by atoms with E-state index in [9.17, 15) is 0 Å². The van der Waals surface area contributed by atoms with Gasteiger partial charge in [-0.1, -0.05) is 61.9 Å². The molecule has 4 aromatic rings. The van der Waals surface area contributed by atoms with Crippen LogP contribution in [0.3, 0.4) is 0 Å². The van der Waals surface area contributed by atoms with E-state index in [1.54, 1.807) is 7.11 Å². The second-order valence-corrected chi connectivity index (χ2v) is 7.75. The SMILES string of the molecule is CCCc1nc(C)nc(OCCOC)c1Cc1ccc(-c2ccccc2-c2nn[nH]n2)cc1. The number of ether oxygens (including phenoxy) is 2. The molecule has 0 aliphatic rings. The number of aromatic nitrogens is 6. The Kier molecular flexibility index (Phi) is 7.36. The molecule has 0 aliphatic heterocycles. The number of benzene rings is 2. The first-order valence-electron chi connectivity index (χ1n) is 11.1. The highest BCUT2D eigenvalue weighted by atomic mass is 16.5. The van der Waals surface area contributed by atoms with Gasteiger partial charge in [0.05, 0.1) is 12.3 Å². The summed E-state index contributed by atoms with van der Waals surface area (Å²) in [6.45, 7) is 5.03. The Morgan fingerprint density at radius 2 is 1.73 bits per heavy atom. The van der Waals surface area contributed by atoms with E-state index in [-0.39, 0.29) is 0 Å². The third-order valence-corrected chi connectivity index (χ3v) is 5.34. The molecule has 4 rings (SSSR count). The van der Waals surface area contributed by atoms with Crippen LogP contribution in [0.2, 0.25) is 0 Å². The fourth-order valence-electron chi connectivity index (χ4n) is 3.80. The zero-order valence-electron chi connectivity index (χ0n) is 19.2. The molecule has 8 nitrogen and oxygen atoms in total. The van der Waals surface area contributed by atoms with E-state index in [1.165, 1.54) is 0 Å². The van der Waals surface area contributed by atoms with E-state index in [1.807, 2.05) is 25.1 Å². The molecule has 0 spiro atoms. The molecule has 2 aromatic carbocycles. The number of rotatable bonds is 10. The highest BCUT2D eigenvalue weighted by Crippen LogP contribution is 2.31. The number of methoxy groups -OCH3 is 1. The van der Waals surface area contributed by atoms with Gasteiger partial charge in [0.1, 0.15) is 12.4 Å². The molecule has 2 heterocycles. The van der Waals surface area contributed by atoms with Gasteiger partial charge < -0.3 is 9.47 Å². The topological polar surface area (TPSA) is 98.7 Å². The predicted octanol–water partition coefficient (Wildman–Crippen LogP) is 4.20. The number of aromatic amines is 1. The summed E-state index contributed by atoms with van der Waals surface area (Å²) in [6.07, 6.45) is 2.59. The minimum Gasteiger partial charge on any atom is -0.475 e. The van der Waals surface area contributed by atoms with Gasteiger partial charge in [0, 0.05) is 24.7 Å². The molecule has 0 radical (unpaired) electrons. The van der Waals surface area contributed by atoms with Gasteiger partial charge in [-0.15, -0.1) is 10.2 Å². The van der Waals surface area contributed by atoms with Crippen molar-refractivity contribution < 1.29 is 9.47 Å². The quantitative estimate of drug-likeness (QED) is 0.366. The first-order valence-corrected chi connectivity index (χ1v) is 11.1. The standard InChI is InChI=1S/C25H28N6O2/c1-4-7-23-22(25(27-17(2)26-23)33-15-14-32-3)16-18-10-12-19(13-11-18)20-8-5-6-9-21(20)24-28-30-31-29-24/h5-6,8-13H,4,7,14-16H2,1-3H3,(H,28,29,30,31). The lowest BCUT2D eigenvalue weighted by Gasteiger charge is -2.15. The molecular formula is C25H28N6O2. The summed E-state index contributed by atoms with van der Waals surface area (Å²) in [6, 6.07) is 16.6. The van der Waals surface area contributed by atoms with Gasteiger partial charge in [-0.05, 0) is 35.2 Å². The Balaban J connectivity index is 1.63. The molecule has 0 fully saturated rings. The summed E-state index contributed by atoms with van der Waals surface area (Å²) in [5, 5.41) is 14.5. The second kappa shape index (κ2) is 10.8. The van der Waals surface area contributed by atoms with Crippen molar-refractivity contribution in [3.8, 4) is 28.4 Å². The summed E-state index contributed by atoms with van der Waals surface area (Å²) in [4.78, 5) is 9.29. The third-order valence-electron chi connectivity index (χ3n) is 5.34. The summed E-state index contributed by atoms with van der Waals surface area (Å²) >= 11 is 0. The van der Waals surface area contributed by atoms with Gasteiger partial charge in [0.25, 0.3) is 0 Å². The number of aryl methyl sites for hydroxylation is 2. The molecule has 0 saturated heterocycles. The van der Waals surface area contributed by atoms with Gasteiger partial charge in [0.2, 0.25) is 11.7 Å². The molecule has 33 heavy (non-hydrogen) atoms. The molecular weight excluding hydrogens is 416 g/mol. The Morgan fingerprint density at radius 1 is 0.939 bits per heavy atom. The summed E-state index contributed by atoms with van der Waals surface area (Å²) in [5.74, 6) is 1.95. The van der Waals surface area contributed by atoms with Crippen LogP contribution < -0.4 is 4.74 Å². The molecule has 0 unspecified atom stereocenters. The van der Waals surface area contributed by atoms with Crippen molar-refractivity contribution in [3.63, 3.8) is 0 Å². The van der Waals surface area contributed by atoms with Crippen molar-refractivity contribution in [2.24, 2.45) is 0 Å². The van der Waals surface area contributed by atoms with Gasteiger partial charge in [0.15, 0.2) is 0 Å². The van der Waals surface area contributed by atoms with Crippen LogP contribution in [0.1, 0.15) is 36.0 Å². The lowest BCUT2D eigenvalue weighted by Crippen LogP contribution is -2.12. The minimum atomic E-state index is 0.456. The zero-order valence-corrected chi connectivity index (χ0v) is 19.2. The van der Waals surface area contributed by atoms with Crippen molar-refractivity contribution in [1.29, 1.82) is 0 Å². The largest absolute Gasteiger partial charge is 0.475 e. The summed E-state index contributed by atoms with van der Waals surface area (Å²) < 4.78 is 11.1. The smallest absolute Gasteiger partial charge is 0.220 e. The van der Waals surface area contributed by atoms with Gasteiger partial charge >= 0.3 is 0 Å². The van der Waals surface area contributed by atoms with Crippen molar-refractivity contribution >= 4 is 0 Å². The van der Waals surface area contributed by atoms with Crippen LogP contribution in [0.4, 0.5) is 0 Å². The Bertz CT molecular complexity index is 1180. The van der Waals surface area contributed by atoms with Gasteiger partial charge in [-0.3, -0.25) is 0 Å². The van der Waals surface area contributed by atoms with Crippen LogP contribution in [0.5, 0.6) is 5.88 Å². The van der Waals surface area contributed by atoms with Crippen molar-refractivity contribution in [1.82, 2.24) is 30.6 Å². The van der Waals surface area contributed by atoms with Crippen LogP contribution in [-0.4, -0.2) is 50.9 Å². The van der Waals surface area contributed by atoms with E-state index < -0.39 is 0 Å². The third kappa shape index (κ3) is 5.40. The fraction of sp³-hybridized carbons (Fsp3) is 0.320. The maximum absolute atomic E-state index is 5.97. The van der Waals surface area contributed by atoms with Crippen molar-refractivity contribution in [2.75, 3.05) is 20.3 Å². The first kappa shape index (κ1) is 22.5. The summed E-state index contributed by atoms with van der Waals surface area (Å²) in [5.41, 5.74) is 6.33. The van der Waals surface area contributed by atoms with Gasteiger partial charge in [-0.25, -0.2) is 4.98 Å². The highest BCUT2D eigenvalue weighted by Gasteiger charge is 2.16. The fourth-order valence-corrected chi connectivity index (χ4v) is 3.80. The first-order chi connectivity index (χ1) is 16.2. The Morgan fingerprint density at radius 3 is 2.42 bits per heavy atom. The normalized spacial score (nSPS) is 11.0. The maximum atomic E-state index is 5.97. The molecule has 2 aromatic heterocycles. The number of hydrogen-bond acceptors (Lipinski definition) is 7. The predicted molar refractivity (Wildman–Crippen MR) is 126 cm³/mol. The molecule has 0 atom stereocenters. The number of nitrogens with zero attached hydrogens (tertiary/aromatic N) is 5. The molecule has 0 amide bonds. The molecule has 1 N–H and O–H groups in total. The molecule has 0 bridgehead atoms. The van der Waals surface area contributed by atoms with Crippen LogP contribution in [0, 0.1) is 6.92 Å². The molecule has 8 heteroatoms. The number of nitrogens with one attached hydrogen (secondary N) is 1. The van der Waals surface area contributed by atoms with E-state index in [4.69, 9.17) is 14.5 Å². The Hall–Kier alpha value is -3.65. The van der Waals surface area contributed by atoms with E-state index in [0.29, 0.717) is 31.3 Å². The Labute approximate surface area is 193 Å². The molecule has 0 aliphatic carbocycles. The average Bonchev–Trinajstić information content (AvgIpc) is 3.37.